The number of nitrogens with one attached hydrogen (secondary N) is 1. The van der Waals surface area contributed by atoms with E-state index in [0.29, 0.717) is 18.6 Å². The van der Waals surface area contributed by atoms with E-state index >= 15 is 0 Å². The van der Waals surface area contributed by atoms with Crippen molar-refractivity contribution in [2.24, 2.45) is 0 Å². The van der Waals surface area contributed by atoms with Crippen LogP contribution in [0.2, 0.25) is 0 Å². The molecule has 32 heavy (non-hydrogen) atoms. The van der Waals surface area contributed by atoms with E-state index in [0.717, 1.165) is 36.6 Å². The van der Waals surface area contributed by atoms with E-state index in [9.17, 15) is 4.79 Å². The summed E-state index contributed by atoms with van der Waals surface area (Å²) in [5.41, 5.74) is 2.41. The molecule has 2 aromatic carbocycles. The topological polar surface area (TPSA) is 48.5 Å². The van der Waals surface area contributed by atoms with Crippen molar-refractivity contribution in [1.82, 2.24) is 20.1 Å². The summed E-state index contributed by atoms with van der Waals surface area (Å²) in [5.74, 6) is 0.0467. The molecule has 0 saturated carbocycles. The van der Waals surface area contributed by atoms with Gasteiger partial charge in [0.15, 0.2) is 0 Å². The number of thiazole rings is 1. The summed E-state index contributed by atoms with van der Waals surface area (Å²) in [6.45, 7) is 7.74. The van der Waals surface area contributed by atoms with Gasteiger partial charge in [0.25, 0.3) is 0 Å². The number of likely N-dealkylation sites (tertiary alicyclic amines) is 1. The molecular formula is C26H32N4OS. The minimum atomic E-state index is -0.208. The number of rotatable bonds is 9. The molecule has 4 rings (SSSR count). The second-order valence-corrected chi connectivity index (χ2v) is 9.29. The normalized spacial score (nSPS) is 18.5. The van der Waals surface area contributed by atoms with Gasteiger partial charge in [-0.3, -0.25) is 14.6 Å². The Morgan fingerprint density at radius 2 is 1.84 bits per heavy atom. The van der Waals surface area contributed by atoms with Gasteiger partial charge >= 0.3 is 0 Å². The van der Waals surface area contributed by atoms with Gasteiger partial charge in [-0.25, -0.2) is 4.98 Å². The van der Waals surface area contributed by atoms with Gasteiger partial charge in [0.1, 0.15) is 11.0 Å². The number of carbonyl (C=O) groups is 1. The van der Waals surface area contributed by atoms with Gasteiger partial charge in [-0.15, -0.1) is 11.3 Å². The van der Waals surface area contributed by atoms with Crippen LogP contribution in [-0.4, -0.2) is 52.9 Å². The highest BCUT2D eigenvalue weighted by molar-refractivity contribution is 7.09. The number of benzene rings is 2. The average Bonchev–Trinajstić information content (AvgIpc) is 3.54. The number of carbonyl (C=O) groups excluding carboxylic acids is 1. The smallest absolute Gasteiger partial charge is 0.235 e. The standard InChI is InChI=1S/C26H32N4OS/c1-3-29(23-14-16-30(18-23)20(2)21-10-6-4-7-11-21)19-24(31)28-25(26-27-15-17-32-26)22-12-8-5-9-13-22/h4-13,15,17,20,23,25H,3,14,16,18-19H2,1-2H3,(H,28,31). The number of amides is 1. The molecule has 3 atom stereocenters. The highest BCUT2D eigenvalue weighted by atomic mass is 32.1. The summed E-state index contributed by atoms with van der Waals surface area (Å²) in [6.07, 6.45) is 2.88. The molecule has 1 aliphatic rings. The minimum Gasteiger partial charge on any atom is -0.342 e. The Balaban J connectivity index is 1.38. The molecule has 1 saturated heterocycles. The highest BCUT2D eigenvalue weighted by Gasteiger charge is 2.31. The van der Waals surface area contributed by atoms with Gasteiger partial charge in [-0.05, 0) is 31.0 Å². The van der Waals surface area contributed by atoms with Crippen molar-refractivity contribution in [3.8, 4) is 0 Å². The summed E-state index contributed by atoms with van der Waals surface area (Å²) < 4.78 is 0. The van der Waals surface area contributed by atoms with Crippen molar-refractivity contribution in [2.45, 2.75) is 38.4 Å². The van der Waals surface area contributed by atoms with Crippen LogP contribution < -0.4 is 5.32 Å². The van der Waals surface area contributed by atoms with Gasteiger partial charge < -0.3 is 5.32 Å². The van der Waals surface area contributed by atoms with Gasteiger partial charge in [-0.2, -0.15) is 0 Å². The number of aromatic nitrogens is 1. The summed E-state index contributed by atoms with van der Waals surface area (Å²) in [4.78, 5) is 22.4. The first kappa shape index (κ1) is 22.6. The molecule has 5 nitrogen and oxygen atoms in total. The zero-order valence-electron chi connectivity index (χ0n) is 18.9. The van der Waals surface area contributed by atoms with Crippen LogP contribution in [0.25, 0.3) is 0 Å². The lowest BCUT2D eigenvalue weighted by atomic mass is 10.1. The number of hydrogen-bond acceptors (Lipinski definition) is 5. The lowest BCUT2D eigenvalue weighted by Gasteiger charge is -2.29. The Kier molecular flexibility index (Phi) is 7.68. The largest absolute Gasteiger partial charge is 0.342 e. The Hall–Kier alpha value is -2.54. The van der Waals surface area contributed by atoms with Gasteiger partial charge in [0, 0.05) is 36.8 Å². The molecule has 3 aromatic rings. The molecule has 6 heteroatoms. The number of nitrogens with zero attached hydrogens (tertiary/aromatic N) is 3. The molecule has 0 aliphatic carbocycles. The molecule has 1 fully saturated rings. The fourth-order valence-corrected chi connectivity index (χ4v) is 5.27. The van der Waals surface area contributed by atoms with Crippen LogP contribution >= 0.6 is 11.3 Å². The molecule has 0 spiro atoms. The van der Waals surface area contributed by atoms with Crippen LogP contribution in [0.4, 0.5) is 0 Å². The SMILES string of the molecule is CCN(CC(=O)NC(c1ccccc1)c1nccs1)C1CCN(C(C)c2ccccc2)C1. The van der Waals surface area contributed by atoms with Crippen molar-refractivity contribution in [3.63, 3.8) is 0 Å². The molecule has 1 aromatic heterocycles. The van der Waals surface area contributed by atoms with Crippen LogP contribution in [0.1, 0.15) is 48.5 Å². The molecule has 1 N–H and O–H groups in total. The first-order chi connectivity index (χ1) is 15.7. The molecule has 1 aliphatic heterocycles. The molecule has 2 heterocycles. The second-order valence-electron chi connectivity index (χ2n) is 8.37. The summed E-state index contributed by atoms with van der Waals surface area (Å²) in [7, 11) is 0. The summed E-state index contributed by atoms with van der Waals surface area (Å²) >= 11 is 1.57. The number of hydrogen-bond donors (Lipinski definition) is 1. The van der Waals surface area contributed by atoms with Gasteiger partial charge in [0.05, 0.1) is 6.54 Å². The quantitative estimate of drug-likeness (QED) is 0.523. The molecule has 3 unspecified atom stereocenters. The third-order valence-electron chi connectivity index (χ3n) is 6.43. The maximum absolute atomic E-state index is 13.1. The maximum Gasteiger partial charge on any atom is 0.235 e. The van der Waals surface area contributed by atoms with E-state index in [2.05, 4.69) is 64.3 Å². The molecule has 168 valence electrons. The molecule has 0 radical (unpaired) electrons. The summed E-state index contributed by atoms with van der Waals surface area (Å²) in [6, 6.07) is 21.3. The predicted octanol–water partition coefficient (Wildman–Crippen LogP) is 4.51. The van der Waals surface area contributed by atoms with E-state index in [1.807, 2.05) is 35.7 Å². The van der Waals surface area contributed by atoms with Crippen LogP contribution in [0, 0.1) is 0 Å². The Morgan fingerprint density at radius 3 is 2.47 bits per heavy atom. The monoisotopic (exact) mass is 448 g/mol. The third kappa shape index (κ3) is 5.44. The summed E-state index contributed by atoms with van der Waals surface area (Å²) in [5, 5.41) is 6.11. The Morgan fingerprint density at radius 1 is 1.16 bits per heavy atom. The number of likely N-dealkylation sites (N-methyl/N-ethyl adjacent to an activating group) is 1. The zero-order chi connectivity index (χ0) is 22.3. The van der Waals surface area contributed by atoms with Crippen molar-refractivity contribution < 1.29 is 4.79 Å². The van der Waals surface area contributed by atoms with Crippen LogP contribution in [0.5, 0.6) is 0 Å². The van der Waals surface area contributed by atoms with E-state index in [1.54, 1.807) is 17.5 Å². The fraction of sp³-hybridized carbons (Fsp3) is 0.385. The third-order valence-corrected chi connectivity index (χ3v) is 7.27. The van der Waals surface area contributed by atoms with Crippen molar-refractivity contribution in [1.29, 1.82) is 0 Å². The van der Waals surface area contributed by atoms with E-state index in [4.69, 9.17) is 0 Å². The van der Waals surface area contributed by atoms with Crippen LogP contribution in [-0.2, 0) is 4.79 Å². The van der Waals surface area contributed by atoms with E-state index in [-0.39, 0.29) is 11.9 Å². The molecule has 0 bridgehead atoms. The average molecular weight is 449 g/mol. The van der Waals surface area contributed by atoms with E-state index < -0.39 is 0 Å². The molecular weight excluding hydrogens is 416 g/mol. The second kappa shape index (κ2) is 10.9. The van der Waals surface area contributed by atoms with Crippen molar-refractivity contribution in [3.05, 3.63) is 88.4 Å². The zero-order valence-corrected chi connectivity index (χ0v) is 19.7. The van der Waals surface area contributed by atoms with Crippen molar-refractivity contribution >= 4 is 17.2 Å². The van der Waals surface area contributed by atoms with E-state index in [1.165, 1.54) is 5.56 Å². The Labute approximate surface area is 195 Å². The van der Waals surface area contributed by atoms with Crippen LogP contribution in [0.3, 0.4) is 0 Å². The minimum absolute atomic E-state index is 0.0467. The van der Waals surface area contributed by atoms with Gasteiger partial charge in [0.2, 0.25) is 5.91 Å². The predicted molar refractivity (Wildman–Crippen MR) is 131 cm³/mol. The first-order valence-corrected chi connectivity index (χ1v) is 12.3. The lowest BCUT2D eigenvalue weighted by molar-refractivity contribution is -0.123. The highest BCUT2D eigenvalue weighted by Crippen LogP contribution is 2.27. The lowest BCUT2D eigenvalue weighted by Crippen LogP contribution is -2.45. The maximum atomic E-state index is 13.1. The van der Waals surface area contributed by atoms with Crippen LogP contribution in [0.15, 0.2) is 72.2 Å². The molecule has 1 amide bonds. The van der Waals surface area contributed by atoms with Gasteiger partial charge in [-0.1, -0.05) is 67.6 Å². The van der Waals surface area contributed by atoms with Crippen molar-refractivity contribution in [2.75, 3.05) is 26.2 Å². The fourth-order valence-electron chi connectivity index (χ4n) is 4.56. The Bertz CT molecular complexity index is 964. The first-order valence-electron chi connectivity index (χ1n) is 11.4.